The number of amides is 2. The number of anilines is 1. The summed E-state index contributed by atoms with van der Waals surface area (Å²) < 4.78 is 4.94. The fourth-order valence-corrected chi connectivity index (χ4v) is 2.27. The second kappa shape index (κ2) is 5.77. The zero-order valence-corrected chi connectivity index (χ0v) is 11.9. The van der Waals surface area contributed by atoms with Gasteiger partial charge >= 0.3 is 6.09 Å². The van der Waals surface area contributed by atoms with Gasteiger partial charge in [-0.1, -0.05) is 24.3 Å². The van der Waals surface area contributed by atoms with Crippen LogP contribution in [0.5, 0.6) is 0 Å². The number of ether oxygens (including phenoxy) is 1. The van der Waals surface area contributed by atoms with Gasteiger partial charge in [-0.25, -0.2) is 14.8 Å². The summed E-state index contributed by atoms with van der Waals surface area (Å²) >= 11 is 0. The zero-order chi connectivity index (χ0) is 14.7. The molecule has 1 fully saturated rings. The number of allylic oxidation sites excluding steroid dienone is 1. The monoisotopic (exact) mass is 274 g/mol. The van der Waals surface area contributed by atoms with Crippen molar-refractivity contribution in [2.45, 2.75) is 20.8 Å². The molecule has 1 heterocycles. The maximum absolute atomic E-state index is 12.4. The number of para-hydroxylation sites is 1. The molecule has 0 unspecified atom stereocenters. The van der Waals surface area contributed by atoms with Crippen molar-refractivity contribution < 1.29 is 14.3 Å². The number of rotatable bonds is 3. The third-order valence-electron chi connectivity index (χ3n) is 3.15. The molecule has 0 aliphatic carbocycles. The molecular formula is C15H18N2O3. The Morgan fingerprint density at radius 3 is 2.50 bits per heavy atom. The number of hydrazine groups is 1. The average molecular weight is 274 g/mol. The summed E-state index contributed by atoms with van der Waals surface area (Å²) in [5, 5.41) is 2.75. The van der Waals surface area contributed by atoms with Crippen molar-refractivity contribution in [1.29, 1.82) is 0 Å². The van der Waals surface area contributed by atoms with E-state index in [2.05, 4.69) is 0 Å². The van der Waals surface area contributed by atoms with Gasteiger partial charge in [-0.15, -0.1) is 0 Å². The van der Waals surface area contributed by atoms with E-state index in [1.54, 1.807) is 13.0 Å². The third kappa shape index (κ3) is 2.52. The standard InChI is InChI=1S/C15H18N2O3/c1-4-6-13(18)17(16-9-10-20-15(16)19)14-11(2)7-5-8-12(14)3/h4-8H,9-10H2,1-3H3. The summed E-state index contributed by atoms with van der Waals surface area (Å²) in [5.41, 5.74) is 2.60. The first-order chi connectivity index (χ1) is 9.56. The van der Waals surface area contributed by atoms with Gasteiger partial charge in [0.1, 0.15) is 6.61 Å². The molecule has 0 saturated carbocycles. The van der Waals surface area contributed by atoms with Crippen molar-refractivity contribution in [3.05, 3.63) is 41.5 Å². The van der Waals surface area contributed by atoms with Crippen molar-refractivity contribution in [2.24, 2.45) is 0 Å². The van der Waals surface area contributed by atoms with Crippen molar-refractivity contribution in [2.75, 3.05) is 18.2 Å². The van der Waals surface area contributed by atoms with Crippen LogP contribution in [-0.2, 0) is 9.53 Å². The summed E-state index contributed by atoms with van der Waals surface area (Å²) in [6.07, 6.45) is 2.60. The summed E-state index contributed by atoms with van der Waals surface area (Å²) in [5.74, 6) is -0.260. The highest BCUT2D eigenvalue weighted by Gasteiger charge is 2.33. The van der Waals surface area contributed by atoms with E-state index in [9.17, 15) is 9.59 Å². The Morgan fingerprint density at radius 1 is 1.35 bits per heavy atom. The molecular weight excluding hydrogens is 256 g/mol. The van der Waals surface area contributed by atoms with E-state index in [0.717, 1.165) is 16.8 Å². The van der Waals surface area contributed by atoms with Crippen LogP contribution in [-0.4, -0.2) is 30.2 Å². The second-order valence-electron chi connectivity index (χ2n) is 4.63. The highest BCUT2D eigenvalue weighted by molar-refractivity contribution is 6.03. The number of carbonyl (C=O) groups excluding carboxylic acids is 2. The van der Waals surface area contributed by atoms with Crippen LogP contribution >= 0.6 is 0 Å². The summed E-state index contributed by atoms with van der Waals surface area (Å²) in [6.45, 7) is 6.27. The van der Waals surface area contributed by atoms with E-state index in [1.807, 2.05) is 32.0 Å². The molecule has 5 heteroatoms. The smallest absolute Gasteiger partial charge is 0.429 e. The molecule has 1 aliphatic heterocycles. The van der Waals surface area contributed by atoms with Crippen LogP contribution in [0.2, 0.25) is 0 Å². The first-order valence-corrected chi connectivity index (χ1v) is 6.53. The SMILES string of the molecule is CC=CC(=O)N(c1c(C)cccc1C)N1CCOC1=O. The average Bonchev–Trinajstić information content (AvgIpc) is 2.80. The predicted octanol–water partition coefficient (Wildman–Crippen LogP) is 2.58. The summed E-state index contributed by atoms with van der Waals surface area (Å²) in [6, 6.07) is 5.76. The van der Waals surface area contributed by atoms with Crippen molar-refractivity contribution in [3.8, 4) is 0 Å². The Labute approximate surface area is 118 Å². The maximum atomic E-state index is 12.4. The predicted molar refractivity (Wildman–Crippen MR) is 76.3 cm³/mol. The van der Waals surface area contributed by atoms with Crippen LogP contribution in [0.1, 0.15) is 18.1 Å². The lowest BCUT2D eigenvalue weighted by molar-refractivity contribution is -0.116. The third-order valence-corrected chi connectivity index (χ3v) is 3.15. The molecule has 106 valence electrons. The van der Waals surface area contributed by atoms with E-state index in [0.29, 0.717) is 13.2 Å². The maximum Gasteiger partial charge on any atom is 0.429 e. The van der Waals surface area contributed by atoms with Gasteiger partial charge in [0.25, 0.3) is 5.91 Å². The Balaban J connectivity index is 2.51. The van der Waals surface area contributed by atoms with Crippen LogP contribution in [0, 0.1) is 13.8 Å². The molecule has 5 nitrogen and oxygen atoms in total. The molecule has 0 atom stereocenters. The molecule has 0 aromatic heterocycles. The second-order valence-corrected chi connectivity index (χ2v) is 4.63. The lowest BCUT2D eigenvalue weighted by Gasteiger charge is -2.31. The van der Waals surface area contributed by atoms with Crippen molar-refractivity contribution in [1.82, 2.24) is 5.01 Å². The van der Waals surface area contributed by atoms with Gasteiger partial charge in [-0.3, -0.25) is 4.79 Å². The van der Waals surface area contributed by atoms with Gasteiger partial charge in [0, 0.05) is 6.08 Å². The minimum atomic E-state index is -0.495. The molecule has 0 N–H and O–H groups in total. The highest BCUT2D eigenvalue weighted by atomic mass is 16.6. The molecule has 2 rings (SSSR count). The lowest BCUT2D eigenvalue weighted by atomic mass is 10.1. The Morgan fingerprint density at radius 2 is 2.00 bits per heavy atom. The quantitative estimate of drug-likeness (QED) is 0.796. The molecule has 1 aliphatic rings. The molecule has 0 spiro atoms. The van der Waals surface area contributed by atoms with Gasteiger partial charge < -0.3 is 4.74 Å². The van der Waals surface area contributed by atoms with Crippen LogP contribution in [0.3, 0.4) is 0 Å². The molecule has 0 radical (unpaired) electrons. The molecule has 20 heavy (non-hydrogen) atoms. The molecule has 0 bridgehead atoms. The number of cyclic esters (lactones) is 1. The van der Waals surface area contributed by atoms with Crippen LogP contribution < -0.4 is 5.01 Å². The van der Waals surface area contributed by atoms with E-state index in [4.69, 9.17) is 4.74 Å². The van der Waals surface area contributed by atoms with Gasteiger partial charge in [0.2, 0.25) is 0 Å². The van der Waals surface area contributed by atoms with Crippen LogP contribution in [0.25, 0.3) is 0 Å². The molecule has 1 aromatic rings. The van der Waals surface area contributed by atoms with Gasteiger partial charge in [-0.2, -0.15) is 0 Å². The van der Waals surface area contributed by atoms with Gasteiger partial charge in [0.05, 0.1) is 12.2 Å². The Kier molecular flexibility index (Phi) is 4.08. The van der Waals surface area contributed by atoms with E-state index in [1.165, 1.54) is 16.1 Å². The highest BCUT2D eigenvalue weighted by Crippen LogP contribution is 2.27. The minimum Gasteiger partial charge on any atom is -0.446 e. The topological polar surface area (TPSA) is 49.9 Å². The molecule has 2 amide bonds. The summed E-state index contributed by atoms with van der Waals surface area (Å²) in [4.78, 5) is 24.2. The zero-order valence-electron chi connectivity index (χ0n) is 11.9. The summed E-state index contributed by atoms with van der Waals surface area (Å²) in [7, 11) is 0. The van der Waals surface area contributed by atoms with Crippen LogP contribution in [0.15, 0.2) is 30.4 Å². The number of aryl methyl sites for hydroxylation is 2. The Bertz CT molecular complexity index is 546. The number of hydrogen-bond acceptors (Lipinski definition) is 3. The molecule has 1 saturated heterocycles. The number of nitrogens with zero attached hydrogens (tertiary/aromatic N) is 2. The van der Waals surface area contributed by atoms with E-state index in [-0.39, 0.29) is 5.91 Å². The fourth-order valence-electron chi connectivity index (χ4n) is 2.27. The Hall–Kier alpha value is -2.30. The lowest BCUT2D eigenvalue weighted by Crippen LogP contribution is -2.47. The molecule has 1 aromatic carbocycles. The van der Waals surface area contributed by atoms with Crippen molar-refractivity contribution >= 4 is 17.7 Å². The number of benzene rings is 1. The van der Waals surface area contributed by atoms with Crippen molar-refractivity contribution in [3.63, 3.8) is 0 Å². The number of hydrogen-bond donors (Lipinski definition) is 0. The normalized spacial score (nSPS) is 14.8. The van der Waals surface area contributed by atoms with Gasteiger partial charge in [-0.05, 0) is 31.9 Å². The van der Waals surface area contributed by atoms with E-state index >= 15 is 0 Å². The largest absolute Gasteiger partial charge is 0.446 e. The van der Waals surface area contributed by atoms with E-state index < -0.39 is 6.09 Å². The minimum absolute atomic E-state index is 0.260. The number of carbonyl (C=O) groups is 2. The first kappa shape index (κ1) is 14.1. The van der Waals surface area contributed by atoms with Gasteiger partial charge in [0.15, 0.2) is 0 Å². The first-order valence-electron chi connectivity index (χ1n) is 6.53. The van der Waals surface area contributed by atoms with Crippen LogP contribution in [0.4, 0.5) is 10.5 Å². The fraction of sp³-hybridized carbons (Fsp3) is 0.333.